The highest BCUT2D eigenvalue weighted by molar-refractivity contribution is 5.90. The second-order valence-electron chi connectivity index (χ2n) is 4.65. The van der Waals surface area contributed by atoms with Crippen LogP contribution in [-0.4, -0.2) is 45.9 Å². The molecule has 116 valence electrons. The fourth-order valence-corrected chi connectivity index (χ4v) is 1.55. The van der Waals surface area contributed by atoms with Crippen molar-refractivity contribution in [3.63, 3.8) is 0 Å². The summed E-state index contributed by atoms with van der Waals surface area (Å²) in [5, 5.41) is 12.4. The lowest BCUT2D eigenvalue weighted by Crippen LogP contribution is -2.27. The monoisotopic (exact) mass is 306 g/mol. The number of urea groups is 1. The Kier molecular flexibility index (Phi) is 4.66. The Morgan fingerprint density at radius 3 is 2.68 bits per heavy atom. The average molecular weight is 306 g/mol. The number of nitrogens with one attached hydrogen (secondary N) is 2. The fraction of sp³-hybridized carbons (Fsp3) is 0.231. The zero-order valence-electron chi connectivity index (χ0n) is 12.1. The number of aromatic nitrogens is 3. The molecule has 9 heteroatoms. The molecule has 2 aromatic rings. The topological polar surface area (TPSA) is 92.2 Å². The molecule has 2 N–H and O–H groups in total. The maximum Gasteiger partial charge on any atom is 0.322 e. The molecule has 8 nitrogen and oxygen atoms in total. The summed E-state index contributed by atoms with van der Waals surface area (Å²) >= 11 is 0. The predicted molar refractivity (Wildman–Crippen MR) is 77.8 cm³/mol. The molecule has 0 fully saturated rings. The highest BCUT2D eigenvalue weighted by Gasteiger charge is 2.11. The number of hydrogen-bond donors (Lipinski definition) is 2. The molecule has 0 spiro atoms. The van der Waals surface area contributed by atoms with Crippen LogP contribution < -0.4 is 10.6 Å². The van der Waals surface area contributed by atoms with Crippen LogP contribution in [-0.2, 0) is 11.3 Å². The van der Waals surface area contributed by atoms with Crippen LogP contribution in [0.4, 0.5) is 20.7 Å². The van der Waals surface area contributed by atoms with Gasteiger partial charge in [-0.05, 0) is 12.1 Å². The number of anilines is 2. The molecule has 0 unspecified atom stereocenters. The molecule has 3 amide bonds. The summed E-state index contributed by atoms with van der Waals surface area (Å²) in [6.45, 7) is -0.154. The van der Waals surface area contributed by atoms with Crippen molar-refractivity contribution in [3.05, 3.63) is 36.3 Å². The van der Waals surface area contributed by atoms with E-state index >= 15 is 0 Å². The molecule has 0 aliphatic heterocycles. The molecule has 0 aliphatic carbocycles. The molecule has 22 heavy (non-hydrogen) atoms. The Hall–Kier alpha value is -2.97. The molecule has 0 saturated carbocycles. The second kappa shape index (κ2) is 6.66. The standard InChI is InChI=1S/C13H15FN6O2/c1-19(2)13(22)16-11-7-20(18-17-11)8-12(21)15-10-6-4-3-5-9(10)14/h3-7H,8H2,1-2H3,(H,15,21)(H,16,22). The molecule has 2 rings (SSSR count). The second-order valence-corrected chi connectivity index (χ2v) is 4.65. The number of benzene rings is 1. The van der Waals surface area contributed by atoms with E-state index in [0.717, 1.165) is 0 Å². The summed E-state index contributed by atoms with van der Waals surface area (Å²) in [5.74, 6) is -0.758. The van der Waals surface area contributed by atoms with Gasteiger partial charge in [-0.25, -0.2) is 13.9 Å². The Balaban J connectivity index is 1.94. The number of carbonyl (C=O) groups excluding carboxylic acids is 2. The first-order valence-corrected chi connectivity index (χ1v) is 6.38. The Morgan fingerprint density at radius 2 is 2.00 bits per heavy atom. The van der Waals surface area contributed by atoms with Crippen molar-refractivity contribution in [3.8, 4) is 0 Å². The van der Waals surface area contributed by atoms with E-state index in [1.54, 1.807) is 20.2 Å². The predicted octanol–water partition coefficient (Wildman–Crippen LogP) is 1.15. The third-order valence-corrected chi connectivity index (χ3v) is 2.63. The van der Waals surface area contributed by atoms with Gasteiger partial charge in [-0.3, -0.25) is 10.1 Å². The third kappa shape index (κ3) is 4.01. The Labute approximate surface area is 125 Å². The van der Waals surface area contributed by atoms with Crippen LogP contribution >= 0.6 is 0 Å². The normalized spacial score (nSPS) is 10.1. The minimum atomic E-state index is -0.520. The van der Waals surface area contributed by atoms with Crippen molar-refractivity contribution >= 4 is 23.4 Å². The zero-order valence-corrected chi connectivity index (χ0v) is 12.1. The number of para-hydroxylation sites is 1. The van der Waals surface area contributed by atoms with Crippen LogP contribution in [0.3, 0.4) is 0 Å². The van der Waals surface area contributed by atoms with Crippen LogP contribution in [0, 0.1) is 5.82 Å². The largest absolute Gasteiger partial charge is 0.331 e. The van der Waals surface area contributed by atoms with Crippen molar-refractivity contribution in [2.75, 3.05) is 24.7 Å². The molecule has 0 bridgehead atoms. The number of halogens is 1. The van der Waals surface area contributed by atoms with E-state index in [4.69, 9.17) is 0 Å². The van der Waals surface area contributed by atoms with Gasteiger partial charge >= 0.3 is 6.03 Å². The molecule has 0 atom stereocenters. The van der Waals surface area contributed by atoms with Gasteiger partial charge in [0, 0.05) is 14.1 Å². The van der Waals surface area contributed by atoms with Crippen molar-refractivity contribution in [2.24, 2.45) is 0 Å². The fourth-order valence-electron chi connectivity index (χ4n) is 1.55. The number of hydrogen-bond acceptors (Lipinski definition) is 4. The summed E-state index contributed by atoms with van der Waals surface area (Å²) < 4.78 is 14.6. The lowest BCUT2D eigenvalue weighted by atomic mass is 10.3. The number of rotatable bonds is 4. The van der Waals surface area contributed by atoms with Crippen molar-refractivity contribution in [1.29, 1.82) is 0 Å². The van der Waals surface area contributed by atoms with Gasteiger partial charge < -0.3 is 10.2 Å². The van der Waals surface area contributed by atoms with Gasteiger partial charge in [0.2, 0.25) is 5.91 Å². The summed E-state index contributed by atoms with van der Waals surface area (Å²) in [7, 11) is 3.17. The first-order chi connectivity index (χ1) is 10.5. The number of amides is 3. The van der Waals surface area contributed by atoms with Gasteiger partial charge in [0.05, 0.1) is 11.9 Å². The Morgan fingerprint density at radius 1 is 1.27 bits per heavy atom. The van der Waals surface area contributed by atoms with E-state index in [-0.39, 0.29) is 24.1 Å². The molecule has 0 saturated heterocycles. The molecule has 1 aromatic heterocycles. The molecule has 1 aromatic carbocycles. The van der Waals surface area contributed by atoms with Crippen LogP contribution in [0.15, 0.2) is 30.5 Å². The van der Waals surface area contributed by atoms with Crippen molar-refractivity contribution in [1.82, 2.24) is 19.9 Å². The maximum absolute atomic E-state index is 13.4. The number of nitrogens with zero attached hydrogens (tertiary/aromatic N) is 4. The van der Waals surface area contributed by atoms with Gasteiger partial charge in [0.15, 0.2) is 5.82 Å². The molecule has 0 radical (unpaired) electrons. The van der Waals surface area contributed by atoms with Crippen LogP contribution in [0.2, 0.25) is 0 Å². The minimum Gasteiger partial charge on any atom is -0.331 e. The van der Waals surface area contributed by atoms with Crippen molar-refractivity contribution < 1.29 is 14.0 Å². The van der Waals surface area contributed by atoms with Crippen LogP contribution in [0.1, 0.15) is 0 Å². The van der Waals surface area contributed by atoms with E-state index in [9.17, 15) is 14.0 Å². The minimum absolute atomic E-state index is 0.0914. The first kappa shape index (κ1) is 15.4. The first-order valence-electron chi connectivity index (χ1n) is 6.38. The summed E-state index contributed by atoms with van der Waals surface area (Å²) in [6, 6.07) is 5.49. The molecule has 0 aliphatic rings. The quantitative estimate of drug-likeness (QED) is 0.886. The van der Waals surface area contributed by atoms with Crippen LogP contribution in [0.5, 0.6) is 0 Å². The zero-order chi connectivity index (χ0) is 16.1. The molecule has 1 heterocycles. The highest BCUT2D eigenvalue weighted by atomic mass is 19.1. The van der Waals surface area contributed by atoms with Gasteiger partial charge in [-0.2, -0.15) is 0 Å². The lowest BCUT2D eigenvalue weighted by Gasteiger charge is -2.09. The van der Waals surface area contributed by atoms with Gasteiger partial charge in [-0.15, -0.1) is 5.10 Å². The van der Waals surface area contributed by atoms with Gasteiger partial charge in [-0.1, -0.05) is 17.3 Å². The third-order valence-electron chi connectivity index (χ3n) is 2.63. The summed E-state index contributed by atoms with van der Waals surface area (Å²) in [6.07, 6.45) is 1.41. The Bertz CT molecular complexity index is 685. The highest BCUT2D eigenvalue weighted by Crippen LogP contribution is 2.12. The number of carbonyl (C=O) groups is 2. The summed E-state index contributed by atoms with van der Waals surface area (Å²) in [5.41, 5.74) is 0.0914. The molecular formula is C13H15FN6O2. The maximum atomic E-state index is 13.4. The summed E-state index contributed by atoms with van der Waals surface area (Å²) in [4.78, 5) is 24.6. The smallest absolute Gasteiger partial charge is 0.322 e. The van der Waals surface area contributed by atoms with E-state index in [1.165, 1.54) is 34.0 Å². The van der Waals surface area contributed by atoms with Crippen LogP contribution in [0.25, 0.3) is 0 Å². The van der Waals surface area contributed by atoms with E-state index in [2.05, 4.69) is 20.9 Å². The van der Waals surface area contributed by atoms with Gasteiger partial charge in [0.25, 0.3) is 0 Å². The van der Waals surface area contributed by atoms with E-state index < -0.39 is 11.7 Å². The SMILES string of the molecule is CN(C)C(=O)Nc1cn(CC(=O)Nc2ccccc2F)nn1. The van der Waals surface area contributed by atoms with Crippen molar-refractivity contribution in [2.45, 2.75) is 6.54 Å². The van der Waals surface area contributed by atoms with Gasteiger partial charge in [0.1, 0.15) is 12.4 Å². The molecular weight excluding hydrogens is 291 g/mol. The van der Waals surface area contributed by atoms with E-state index in [1.807, 2.05) is 0 Å². The average Bonchev–Trinajstić information content (AvgIpc) is 2.88. The van der Waals surface area contributed by atoms with E-state index in [0.29, 0.717) is 0 Å². The lowest BCUT2D eigenvalue weighted by molar-refractivity contribution is -0.116.